The van der Waals surface area contributed by atoms with Crippen molar-refractivity contribution in [2.45, 2.75) is 24.4 Å². The van der Waals surface area contributed by atoms with Crippen LogP contribution in [-0.2, 0) is 32.1 Å². The van der Waals surface area contributed by atoms with E-state index in [-0.39, 0.29) is 35.9 Å². The van der Waals surface area contributed by atoms with Crippen LogP contribution >= 0.6 is 27.7 Å². The summed E-state index contributed by atoms with van der Waals surface area (Å²) in [5.41, 5.74) is 2.74. The molecule has 2 aromatic rings. The largest absolute Gasteiger partial charge is 0.497 e. The first-order valence-corrected chi connectivity index (χ1v) is 12.5. The average Bonchev–Trinajstić information content (AvgIpc) is 2.85. The number of hydrogen-bond acceptors (Lipinski definition) is 6. The van der Waals surface area contributed by atoms with E-state index in [1.165, 1.54) is 16.7 Å². The number of ether oxygens (including phenoxy) is 2. The minimum atomic E-state index is -0.660. The van der Waals surface area contributed by atoms with Crippen molar-refractivity contribution in [3.63, 3.8) is 0 Å². The molecule has 4 rings (SSSR count). The van der Waals surface area contributed by atoms with Gasteiger partial charge in [0, 0.05) is 11.1 Å². The molecule has 0 saturated carbocycles. The molecule has 0 bridgehead atoms. The lowest BCUT2D eigenvalue weighted by Gasteiger charge is -2.49. The molecule has 9 heteroatoms. The summed E-state index contributed by atoms with van der Waals surface area (Å²) in [4.78, 5) is 39.8. The number of β-lactam (4-membered cyclic amide) rings is 1. The maximum absolute atomic E-state index is 13.0. The van der Waals surface area contributed by atoms with Gasteiger partial charge in [-0.1, -0.05) is 58.4 Å². The van der Waals surface area contributed by atoms with Crippen LogP contribution in [0.3, 0.4) is 0 Å². The van der Waals surface area contributed by atoms with Gasteiger partial charge in [0.25, 0.3) is 5.91 Å². The zero-order valence-electron chi connectivity index (χ0n) is 18.0. The highest BCUT2D eigenvalue weighted by Gasteiger charge is 2.54. The van der Waals surface area contributed by atoms with Gasteiger partial charge >= 0.3 is 5.97 Å². The zero-order chi connectivity index (χ0) is 23.4. The predicted octanol–water partition coefficient (Wildman–Crippen LogP) is 3.03. The van der Waals surface area contributed by atoms with E-state index >= 15 is 0 Å². The molecule has 1 saturated heterocycles. The molecule has 0 spiro atoms. The van der Waals surface area contributed by atoms with Crippen LogP contribution in [0.5, 0.6) is 5.75 Å². The molecule has 0 aliphatic carbocycles. The van der Waals surface area contributed by atoms with Gasteiger partial charge in [0.15, 0.2) is 0 Å². The Bertz CT molecular complexity index is 1070. The van der Waals surface area contributed by atoms with Crippen molar-refractivity contribution in [2.24, 2.45) is 0 Å². The fraction of sp³-hybridized carbons (Fsp3) is 0.292. The number of amides is 2. The second-order valence-corrected chi connectivity index (χ2v) is 9.29. The standard InChI is InChI=1S/C24H23BrN2O5S/c1-31-18-9-7-16(8-10-18)13-32-24(30)21-17(12-25)14-33-23-20(22(29)27(21)23)26-19(28)11-15-5-3-2-4-6-15/h2-10,20,23H,11-14H2,1H3,(H,26,28)/t20-,23-/m1/s1. The number of methoxy groups -OCH3 is 1. The van der Waals surface area contributed by atoms with Gasteiger partial charge in [0.05, 0.1) is 13.5 Å². The van der Waals surface area contributed by atoms with Crippen molar-refractivity contribution in [2.75, 3.05) is 18.2 Å². The van der Waals surface area contributed by atoms with E-state index in [0.29, 0.717) is 16.8 Å². The number of hydrogen-bond donors (Lipinski definition) is 1. The highest BCUT2D eigenvalue weighted by Crippen LogP contribution is 2.41. The monoisotopic (exact) mass is 530 g/mol. The Morgan fingerprint density at radius 1 is 1.12 bits per heavy atom. The molecule has 2 atom stereocenters. The number of thioether (sulfide) groups is 1. The summed E-state index contributed by atoms with van der Waals surface area (Å²) in [6, 6.07) is 15.9. The number of halogens is 1. The molecule has 2 amide bonds. The first-order chi connectivity index (χ1) is 16.0. The zero-order valence-corrected chi connectivity index (χ0v) is 20.4. The van der Waals surface area contributed by atoms with Crippen LogP contribution in [0.4, 0.5) is 0 Å². The predicted molar refractivity (Wildman–Crippen MR) is 129 cm³/mol. The summed E-state index contributed by atoms with van der Waals surface area (Å²) in [6.07, 6.45) is 0.196. The van der Waals surface area contributed by atoms with Crippen LogP contribution < -0.4 is 10.1 Å². The Morgan fingerprint density at radius 2 is 1.85 bits per heavy atom. The maximum atomic E-state index is 13.0. The number of nitrogens with zero attached hydrogens (tertiary/aromatic N) is 1. The Balaban J connectivity index is 1.41. The molecule has 2 aliphatic heterocycles. The summed E-state index contributed by atoms with van der Waals surface area (Å²) in [5.74, 6) is 0.209. The first-order valence-electron chi connectivity index (χ1n) is 10.4. The second-order valence-electron chi connectivity index (χ2n) is 7.63. The van der Waals surface area contributed by atoms with E-state index < -0.39 is 12.0 Å². The van der Waals surface area contributed by atoms with Crippen molar-refractivity contribution in [1.82, 2.24) is 10.2 Å². The summed E-state index contributed by atoms with van der Waals surface area (Å²) in [6.45, 7) is 0.0823. The number of nitrogens with one attached hydrogen (secondary N) is 1. The normalized spacial score (nSPS) is 19.5. The Kier molecular flexibility index (Phi) is 7.39. The van der Waals surface area contributed by atoms with Gasteiger partial charge in [-0.15, -0.1) is 11.8 Å². The molecule has 1 N–H and O–H groups in total. The van der Waals surface area contributed by atoms with Crippen molar-refractivity contribution in [3.8, 4) is 5.75 Å². The van der Waals surface area contributed by atoms with Crippen LogP contribution in [-0.4, -0.2) is 52.3 Å². The number of fused-ring (bicyclic) bond motifs is 1. The van der Waals surface area contributed by atoms with Crippen LogP contribution in [0.15, 0.2) is 65.9 Å². The van der Waals surface area contributed by atoms with Gasteiger partial charge in [0.2, 0.25) is 5.91 Å². The number of alkyl halides is 1. The molecule has 2 aliphatic rings. The molecule has 0 radical (unpaired) electrons. The highest BCUT2D eigenvalue weighted by atomic mass is 79.9. The number of benzene rings is 2. The maximum Gasteiger partial charge on any atom is 0.355 e. The van der Waals surface area contributed by atoms with Crippen molar-refractivity contribution in [1.29, 1.82) is 0 Å². The fourth-order valence-corrected chi connectivity index (χ4v) is 5.79. The smallest absolute Gasteiger partial charge is 0.355 e. The van der Waals surface area contributed by atoms with E-state index in [1.54, 1.807) is 19.2 Å². The first kappa shape index (κ1) is 23.4. The quantitative estimate of drug-likeness (QED) is 0.320. The number of carbonyl (C=O) groups excluding carboxylic acids is 3. The number of rotatable bonds is 8. The van der Waals surface area contributed by atoms with Crippen LogP contribution in [0, 0.1) is 0 Å². The summed E-state index contributed by atoms with van der Waals surface area (Å²) < 4.78 is 10.7. The molecular formula is C24H23BrN2O5S. The Labute approximate surface area is 204 Å². The fourth-order valence-electron chi connectivity index (χ4n) is 3.72. The molecule has 33 heavy (non-hydrogen) atoms. The lowest BCUT2D eigenvalue weighted by Crippen LogP contribution is -2.70. The van der Waals surface area contributed by atoms with E-state index in [0.717, 1.165) is 16.7 Å². The average molecular weight is 531 g/mol. The topological polar surface area (TPSA) is 84.9 Å². The molecule has 2 aromatic carbocycles. The van der Waals surface area contributed by atoms with E-state index in [9.17, 15) is 14.4 Å². The van der Waals surface area contributed by atoms with E-state index in [1.807, 2.05) is 42.5 Å². The van der Waals surface area contributed by atoms with Crippen molar-refractivity contribution < 1.29 is 23.9 Å². The number of carbonyl (C=O) groups is 3. The van der Waals surface area contributed by atoms with Gasteiger partial charge in [-0.2, -0.15) is 0 Å². The van der Waals surface area contributed by atoms with E-state index in [4.69, 9.17) is 9.47 Å². The molecule has 7 nitrogen and oxygen atoms in total. The van der Waals surface area contributed by atoms with Crippen LogP contribution in [0.25, 0.3) is 0 Å². The Morgan fingerprint density at radius 3 is 2.52 bits per heavy atom. The molecule has 172 valence electrons. The summed E-state index contributed by atoms with van der Waals surface area (Å²) >= 11 is 4.94. The van der Waals surface area contributed by atoms with Gasteiger partial charge in [-0.3, -0.25) is 14.5 Å². The minimum absolute atomic E-state index is 0.0823. The van der Waals surface area contributed by atoms with Crippen LogP contribution in [0.2, 0.25) is 0 Å². The SMILES string of the molecule is COc1ccc(COC(=O)C2=C(CBr)CS[C@@H]3[C@H](NC(=O)Cc4ccccc4)C(=O)N23)cc1. The van der Waals surface area contributed by atoms with Gasteiger partial charge < -0.3 is 14.8 Å². The summed E-state index contributed by atoms with van der Waals surface area (Å²) in [7, 11) is 1.59. The van der Waals surface area contributed by atoms with Gasteiger partial charge in [0.1, 0.15) is 29.5 Å². The molecular weight excluding hydrogens is 508 g/mol. The highest BCUT2D eigenvalue weighted by molar-refractivity contribution is 9.09. The van der Waals surface area contributed by atoms with Gasteiger partial charge in [-0.05, 0) is 28.8 Å². The van der Waals surface area contributed by atoms with E-state index in [2.05, 4.69) is 21.2 Å². The Hall–Kier alpha value is -2.78. The minimum Gasteiger partial charge on any atom is -0.497 e. The van der Waals surface area contributed by atoms with Crippen molar-refractivity contribution >= 4 is 45.5 Å². The van der Waals surface area contributed by atoms with Gasteiger partial charge in [-0.25, -0.2) is 4.79 Å². The third-order valence-corrected chi connectivity index (χ3v) is 7.47. The lowest BCUT2D eigenvalue weighted by molar-refractivity contribution is -0.153. The molecule has 0 aromatic heterocycles. The molecule has 1 fully saturated rings. The summed E-state index contributed by atoms with van der Waals surface area (Å²) in [5, 5.41) is 2.95. The third-order valence-electron chi connectivity index (χ3n) is 5.45. The lowest BCUT2D eigenvalue weighted by atomic mass is 10.0. The molecule has 0 unspecified atom stereocenters. The second kappa shape index (κ2) is 10.4. The number of esters is 1. The molecule has 2 heterocycles. The van der Waals surface area contributed by atoms with Crippen LogP contribution in [0.1, 0.15) is 11.1 Å². The van der Waals surface area contributed by atoms with Crippen molar-refractivity contribution in [3.05, 3.63) is 77.0 Å². The third kappa shape index (κ3) is 5.09.